The first-order valence-corrected chi connectivity index (χ1v) is 8.08. The summed E-state index contributed by atoms with van der Waals surface area (Å²) in [5, 5.41) is 1.08. The van der Waals surface area contributed by atoms with Crippen molar-refractivity contribution in [3.63, 3.8) is 0 Å². The van der Waals surface area contributed by atoms with Gasteiger partial charge in [0.2, 0.25) is 0 Å². The van der Waals surface area contributed by atoms with Crippen LogP contribution in [0.25, 0.3) is 17.0 Å². The molecule has 23 heavy (non-hydrogen) atoms. The fraction of sp³-hybridized carbons (Fsp3) is 0.400. The van der Waals surface area contributed by atoms with Crippen LogP contribution in [0.3, 0.4) is 0 Å². The number of hydrogen-bond acceptors (Lipinski definition) is 3. The van der Waals surface area contributed by atoms with Crippen LogP contribution < -0.4 is 0 Å². The topological polar surface area (TPSA) is 39.2 Å². The van der Waals surface area contributed by atoms with Crippen LogP contribution in [-0.2, 0) is 9.53 Å². The number of rotatable bonds is 5. The molecule has 2 rings (SSSR count). The predicted octanol–water partition coefficient (Wildman–Crippen LogP) is 5.31. The highest BCUT2D eigenvalue weighted by Gasteiger charge is 2.11. The Morgan fingerprint density at radius 3 is 2.65 bits per heavy atom. The van der Waals surface area contributed by atoms with E-state index in [4.69, 9.17) is 4.74 Å². The van der Waals surface area contributed by atoms with Crippen LogP contribution in [0.15, 0.2) is 36.4 Å². The van der Waals surface area contributed by atoms with Gasteiger partial charge in [-0.15, -0.1) is 0 Å². The van der Waals surface area contributed by atoms with Gasteiger partial charge in [0.1, 0.15) is 6.10 Å². The molecule has 0 saturated carbocycles. The van der Waals surface area contributed by atoms with Gasteiger partial charge in [0, 0.05) is 12.3 Å². The van der Waals surface area contributed by atoms with E-state index in [0.29, 0.717) is 0 Å². The van der Waals surface area contributed by atoms with Crippen molar-refractivity contribution >= 4 is 22.9 Å². The minimum atomic E-state index is -0.338. The van der Waals surface area contributed by atoms with E-state index < -0.39 is 0 Å². The van der Waals surface area contributed by atoms with Crippen LogP contribution in [-0.4, -0.2) is 11.0 Å². The Balaban J connectivity index is 2.32. The minimum absolute atomic E-state index is 0.189. The summed E-state index contributed by atoms with van der Waals surface area (Å²) in [5.74, 6) is -0.294. The lowest BCUT2D eigenvalue weighted by Gasteiger charge is -2.16. The van der Waals surface area contributed by atoms with Gasteiger partial charge < -0.3 is 4.74 Å². The number of fused-ring (bicyclic) bond motifs is 1. The zero-order chi connectivity index (χ0) is 17.0. The van der Waals surface area contributed by atoms with E-state index in [1.807, 2.05) is 19.1 Å². The zero-order valence-electron chi connectivity index (χ0n) is 14.6. The molecule has 0 aliphatic heterocycles. The summed E-state index contributed by atoms with van der Waals surface area (Å²) in [6, 6.07) is 10.2. The summed E-state index contributed by atoms with van der Waals surface area (Å²) >= 11 is 0. The summed E-state index contributed by atoms with van der Waals surface area (Å²) < 4.78 is 5.21. The molecule has 3 heteroatoms. The third-order valence-electron chi connectivity index (χ3n) is 4.14. The Bertz CT molecular complexity index is 731. The summed E-state index contributed by atoms with van der Waals surface area (Å²) in [6.07, 6.45) is 5.14. The maximum absolute atomic E-state index is 11.1. The number of allylic oxidation sites excluding steroid dienone is 1. The average molecular weight is 311 g/mol. The molecule has 0 radical (unpaired) electrons. The third kappa shape index (κ3) is 4.65. The fourth-order valence-electron chi connectivity index (χ4n) is 2.23. The van der Waals surface area contributed by atoms with Gasteiger partial charge in [0.05, 0.1) is 11.2 Å². The second-order valence-corrected chi connectivity index (χ2v) is 6.62. The van der Waals surface area contributed by atoms with E-state index in [-0.39, 0.29) is 17.5 Å². The summed E-state index contributed by atoms with van der Waals surface area (Å²) in [4.78, 5) is 15.7. The predicted molar refractivity (Wildman–Crippen MR) is 95.0 cm³/mol. The molecule has 0 saturated heterocycles. The van der Waals surface area contributed by atoms with Crippen molar-refractivity contribution in [3.05, 3.63) is 47.7 Å². The van der Waals surface area contributed by atoms with Gasteiger partial charge in [-0.05, 0) is 36.5 Å². The van der Waals surface area contributed by atoms with Crippen molar-refractivity contribution in [3.8, 4) is 0 Å². The van der Waals surface area contributed by atoms with Gasteiger partial charge >= 0.3 is 5.97 Å². The third-order valence-corrected chi connectivity index (χ3v) is 4.14. The molecule has 0 N–H and O–H groups in total. The van der Waals surface area contributed by atoms with E-state index in [9.17, 15) is 4.79 Å². The van der Waals surface area contributed by atoms with Crippen LogP contribution in [0.4, 0.5) is 0 Å². The summed E-state index contributed by atoms with van der Waals surface area (Å²) in [6.45, 7) is 9.89. The molecule has 1 heterocycles. The molecule has 122 valence electrons. The lowest BCUT2D eigenvalue weighted by molar-refractivity contribution is -0.145. The molecule has 0 aliphatic carbocycles. The smallest absolute Gasteiger partial charge is 0.303 e. The molecule has 1 unspecified atom stereocenters. The van der Waals surface area contributed by atoms with Crippen molar-refractivity contribution in [1.29, 1.82) is 0 Å². The Kier molecular flexibility index (Phi) is 5.19. The van der Waals surface area contributed by atoms with Crippen molar-refractivity contribution in [1.82, 2.24) is 4.98 Å². The van der Waals surface area contributed by atoms with E-state index in [1.54, 1.807) is 0 Å². The van der Waals surface area contributed by atoms with Crippen molar-refractivity contribution in [2.45, 2.75) is 47.1 Å². The van der Waals surface area contributed by atoms with Gasteiger partial charge in [-0.2, -0.15) is 0 Å². The van der Waals surface area contributed by atoms with Crippen LogP contribution in [0.5, 0.6) is 0 Å². The molecule has 0 fully saturated rings. The average Bonchev–Trinajstić information content (AvgIpc) is 2.51. The van der Waals surface area contributed by atoms with Crippen LogP contribution in [0.1, 0.15) is 58.4 Å². The van der Waals surface area contributed by atoms with Crippen LogP contribution >= 0.6 is 0 Å². The Labute approximate surface area is 138 Å². The zero-order valence-corrected chi connectivity index (χ0v) is 14.6. The number of aromatic nitrogens is 1. The molecule has 1 aromatic heterocycles. The first-order chi connectivity index (χ1) is 10.8. The molecular formula is C20H25NO2. The molecule has 1 atom stereocenters. The molecule has 0 spiro atoms. The standard InChI is InChI=1S/C20H25NO2/c1-6-20(4,5)12-11-16-7-8-17-9-10-18(21-19(17)13-16)14(2)23-15(3)22/h7-14H,6H2,1-5H3. The van der Waals surface area contributed by atoms with E-state index in [1.165, 1.54) is 6.92 Å². The normalized spacial score (nSPS) is 13.4. The van der Waals surface area contributed by atoms with Gasteiger partial charge in [-0.25, -0.2) is 4.98 Å². The quantitative estimate of drug-likeness (QED) is 0.703. The first kappa shape index (κ1) is 17.2. The Hall–Kier alpha value is -2.16. The van der Waals surface area contributed by atoms with Crippen molar-refractivity contribution in [2.24, 2.45) is 5.41 Å². The van der Waals surface area contributed by atoms with Crippen LogP contribution in [0.2, 0.25) is 0 Å². The van der Waals surface area contributed by atoms with Gasteiger partial charge in [-0.1, -0.05) is 51.1 Å². The van der Waals surface area contributed by atoms with Crippen molar-refractivity contribution in [2.75, 3.05) is 0 Å². The fourth-order valence-corrected chi connectivity index (χ4v) is 2.23. The SMILES string of the molecule is CCC(C)(C)C=Cc1ccc2ccc(C(C)OC(C)=O)nc2c1. The Morgan fingerprint density at radius 2 is 2.00 bits per heavy atom. The molecular weight excluding hydrogens is 286 g/mol. The lowest BCUT2D eigenvalue weighted by Crippen LogP contribution is -2.06. The number of nitrogens with zero attached hydrogens (tertiary/aromatic N) is 1. The first-order valence-electron chi connectivity index (χ1n) is 8.08. The van der Waals surface area contributed by atoms with Crippen molar-refractivity contribution < 1.29 is 9.53 Å². The summed E-state index contributed by atoms with van der Waals surface area (Å²) in [5.41, 5.74) is 3.00. The molecule has 1 aromatic carbocycles. The highest BCUT2D eigenvalue weighted by atomic mass is 16.5. The second-order valence-electron chi connectivity index (χ2n) is 6.62. The maximum Gasteiger partial charge on any atom is 0.303 e. The van der Waals surface area contributed by atoms with E-state index in [2.05, 4.69) is 56.1 Å². The number of ether oxygens (including phenoxy) is 1. The van der Waals surface area contributed by atoms with E-state index >= 15 is 0 Å². The highest BCUT2D eigenvalue weighted by Crippen LogP contribution is 2.24. The van der Waals surface area contributed by atoms with Gasteiger partial charge in [0.15, 0.2) is 0 Å². The minimum Gasteiger partial charge on any atom is -0.456 e. The lowest BCUT2D eigenvalue weighted by atomic mass is 9.89. The number of benzene rings is 1. The largest absolute Gasteiger partial charge is 0.456 e. The number of carbonyl (C=O) groups excluding carboxylic acids is 1. The number of esters is 1. The highest BCUT2D eigenvalue weighted by molar-refractivity contribution is 5.81. The van der Waals surface area contributed by atoms with E-state index in [0.717, 1.165) is 28.6 Å². The Morgan fingerprint density at radius 1 is 1.30 bits per heavy atom. The van der Waals surface area contributed by atoms with Gasteiger partial charge in [-0.3, -0.25) is 4.79 Å². The molecule has 0 aliphatic rings. The molecule has 2 aromatic rings. The monoisotopic (exact) mass is 311 g/mol. The van der Waals surface area contributed by atoms with Crippen LogP contribution in [0, 0.1) is 5.41 Å². The second kappa shape index (κ2) is 6.95. The van der Waals surface area contributed by atoms with Gasteiger partial charge in [0.25, 0.3) is 0 Å². The molecule has 0 bridgehead atoms. The summed E-state index contributed by atoms with van der Waals surface area (Å²) in [7, 11) is 0. The number of carbonyl (C=O) groups is 1. The molecule has 3 nitrogen and oxygen atoms in total. The molecule has 0 amide bonds. The maximum atomic E-state index is 11.1. The number of pyridine rings is 1. The number of hydrogen-bond donors (Lipinski definition) is 0.